The Labute approximate surface area is 181 Å². The zero-order valence-corrected chi connectivity index (χ0v) is 18.1. The van der Waals surface area contributed by atoms with Crippen molar-refractivity contribution < 1.29 is 23.5 Å². The van der Waals surface area contributed by atoms with Crippen LogP contribution in [-0.2, 0) is 19.1 Å². The van der Waals surface area contributed by atoms with Crippen molar-refractivity contribution in [3.63, 3.8) is 0 Å². The Balaban J connectivity index is 1.74. The first-order chi connectivity index (χ1) is 14.8. The van der Waals surface area contributed by atoms with Crippen molar-refractivity contribution >= 4 is 29.1 Å². The van der Waals surface area contributed by atoms with Gasteiger partial charge < -0.3 is 20.7 Å². The van der Waals surface area contributed by atoms with Gasteiger partial charge in [0.2, 0.25) is 5.91 Å². The number of nitrogens with zero attached hydrogens (tertiary/aromatic N) is 2. The molecule has 0 bridgehead atoms. The molecular formula is C22H31FN4O4. The smallest absolute Gasteiger partial charge is 0.253 e. The van der Waals surface area contributed by atoms with Gasteiger partial charge in [0.1, 0.15) is 12.4 Å². The minimum absolute atomic E-state index is 0.0485. The van der Waals surface area contributed by atoms with E-state index in [0.29, 0.717) is 37.8 Å². The molecule has 0 spiro atoms. The van der Waals surface area contributed by atoms with Gasteiger partial charge in [-0.05, 0) is 42.9 Å². The molecule has 9 heteroatoms. The number of amides is 3. The van der Waals surface area contributed by atoms with Crippen LogP contribution in [0.4, 0.5) is 15.8 Å². The maximum Gasteiger partial charge on any atom is 0.253 e. The minimum atomic E-state index is -1.18. The summed E-state index contributed by atoms with van der Waals surface area (Å²) in [4.78, 5) is 40.4. The topological polar surface area (TPSA) is 105 Å². The second kappa shape index (κ2) is 10.2. The molecule has 1 atom stereocenters. The number of anilines is 2. The molecular weight excluding hydrogens is 403 g/mol. The Hall–Kier alpha value is -2.52. The van der Waals surface area contributed by atoms with E-state index in [1.54, 1.807) is 6.07 Å². The van der Waals surface area contributed by atoms with E-state index < -0.39 is 23.7 Å². The summed E-state index contributed by atoms with van der Waals surface area (Å²) in [6, 6.07) is 2.96. The standard InChI is InChI=1S/C22H31FN4O4/c1-14(2)11-26(12-15-4-3-5-15)20(21(24)29)22(30)25-18-7-6-16(10-17(18)23)27-8-9-31-13-19(27)28/h6-7,10,14-15,20H,3-5,8-9,11-13H2,1-2H3,(H2,24,29)(H,25,30)/t20-/m1/s1. The molecule has 1 aliphatic carbocycles. The van der Waals surface area contributed by atoms with Gasteiger partial charge >= 0.3 is 0 Å². The molecule has 0 unspecified atom stereocenters. The van der Waals surface area contributed by atoms with Gasteiger partial charge in [0, 0.05) is 25.3 Å². The lowest BCUT2D eigenvalue weighted by atomic mass is 9.84. The van der Waals surface area contributed by atoms with E-state index in [9.17, 15) is 18.8 Å². The zero-order valence-electron chi connectivity index (χ0n) is 18.1. The molecule has 3 rings (SSSR count). The molecule has 1 aromatic rings. The highest BCUT2D eigenvalue weighted by Gasteiger charge is 2.34. The number of nitrogens with two attached hydrogens (primary N) is 1. The first kappa shape index (κ1) is 23.1. The van der Waals surface area contributed by atoms with Crippen molar-refractivity contribution in [3.05, 3.63) is 24.0 Å². The monoisotopic (exact) mass is 434 g/mol. The third kappa shape index (κ3) is 5.80. The van der Waals surface area contributed by atoms with Gasteiger partial charge in [0.05, 0.1) is 12.3 Å². The van der Waals surface area contributed by atoms with Crippen LogP contribution in [0.1, 0.15) is 33.1 Å². The largest absolute Gasteiger partial charge is 0.370 e. The molecule has 2 fully saturated rings. The van der Waals surface area contributed by atoms with Gasteiger partial charge in [0.15, 0.2) is 6.04 Å². The van der Waals surface area contributed by atoms with Crippen LogP contribution in [-0.4, -0.2) is 61.5 Å². The number of ether oxygens (including phenoxy) is 1. The SMILES string of the molecule is CC(C)CN(CC1CCC1)[C@H](C(N)=O)C(=O)Nc1ccc(N2CCOCC2=O)cc1F. The van der Waals surface area contributed by atoms with Crippen LogP contribution in [0.3, 0.4) is 0 Å². The number of halogens is 1. The summed E-state index contributed by atoms with van der Waals surface area (Å²) < 4.78 is 19.8. The lowest BCUT2D eigenvalue weighted by Gasteiger charge is -2.36. The first-order valence-corrected chi connectivity index (χ1v) is 10.8. The Morgan fingerprint density at radius 1 is 1.35 bits per heavy atom. The Morgan fingerprint density at radius 3 is 2.65 bits per heavy atom. The van der Waals surface area contributed by atoms with Gasteiger partial charge in [-0.3, -0.25) is 19.3 Å². The molecule has 1 heterocycles. The van der Waals surface area contributed by atoms with Crippen molar-refractivity contribution in [2.75, 3.05) is 43.1 Å². The number of hydrogen-bond acceptors (Lipinski definition) is 5. The zero-order chi connectivity index (χ0) is 22.5. The van der Waals surface area contributed by atoms with Crippen LogP contribution in [0.15, 0.2) is 18.2 Å². The third-order valence-corrected chi connectivity index (χ3v) is 5.71. The summed E-state index contributed by atoms with van der Waals surface area (Å²) in [5, 5.41) is 2.51. The fourth-order valence-electron chi connectivity index (χ4n) is 4.00. The van der Waals surface area contributed by atoms with Gasteiger partial charge in [-0.1, -0.05) is 20.3 Å². The molecule has 170 valence electrons. The number of morpholine rings is 1. The van der Waals surface area contributed by atoms with Crippen molar-refractivity contribution in [1.29, 1.82) is 0 Å². The van der Waals surface area contributed by atoms with Crippen LogP contribution in [0.25, 0.3) is 0 Å². The van der Waals surface area contributed by atoms with Crippen LogP contribution in [0.2, 0.25) is 0 Å². The maximum absolute atomic E-state index is 14.7. The van der Waals surface area contributed by atoms with Crippen LogP contribution >= 0.6 is 0 Å². The number of primary amides is 1. The van der Waals surface area contributed by atoms with Crippen molar-refractivity contribution in [2.45, 2.75) is 39.2 Å². The second-order valence-corrected chi connectivity index (χ2v) is 8.70. The Bertz CT molecular complexity index is 828. The summed E-state index contributed by atoms with van der Waals surface area (Å²) in [5.41, 5.74) is 5.92. The lowest BCUT2D eigenvalue weighted by molar-refractivity contribution is -0.133. The fourth-order valence-corrected chi connectivity index (χ4v) is 4.00. The highest BCUT2D eigenvalue weighted by atomic mass is 19.1. The molecule has 2 aliphatic rings. The van der Waals surface area contributed by atoms with Crippen molar-refractivity contribution in [1.82, 2.24) is 4.90 Å². The Morgan fingerprint density at radius 2 is 2.10 bits per heavy atom. The van der Waals surface area contributed by atoms with E-state index in [2.05, 4.69) is 5.32 Å². The number of benzene rings is 1. The number of nitrogens with one attached hydrogen (secondary N) is 1. The molecule has 1 aliphatic heterocycles. The molecule has 3 N–H and O–H groups in total. The van der Waals surface area contributed by atoms with Gasteiger partial charge in [-0.25, -0.2) is 4.39 Å². The van der Waals surface area contributed by atoms with Crippen molar-refractivity contribution in [2.24, 2.45) is 17.6 Å². The third-order valence-electron chi connectivity index (χ3n) is 5.71. The lowest BCUT2D eigenvalue weighted by Crippen LogP contribution is -2.54. The molecule has 3 amide bonds. The van der Waals surface area contributed by atoms with Crippen LogP contribution in [0, 0.1) is 17.7 Å². The van der Waals surface area contributed by atoms with Gasteiger partial charge in [-0.15, -0.1) is 0 Å². The second-order valence-electron chi connectivity index (χ2n) is 8.70. The van der Waals surface area contributed by atoms with Gasteiger partial charge in [0.25, 0.3) is 11.8 Å². The summed E-state index contributed by atoms with van der Waals surface area (Å²) in [7, 11) is 0. The molecule has 1 saturated heterocycles. The highest BCUT2D eigenvalue weighted by Crippen LogP contribution is 2.28. The quantitative estimate of drug-likeness (QED) is 0.576. The molecule has 8 nitrogen and oxygen atoms in total. The summed E-state index contributed by atoms with van der Waals surface area (Å²) in [6.45, 7) is 5.83. The van der Waals surface area contributed by atoms with E-state index in [1.807, 2.05) is 18.7 Å². The normalized spacial score (nSPS) is 18.2. The van der Waals surface area contributed by atoms with E-state index in [1.165, 1.54) is 17.0 Å². The first-order valence-electron chi connectivity index (χ1n) is 10.8. The summed E-state index contributed by atoms with van der Waals surface area (Å²) in [5.74, 6) is -1.68. The molecule has 0 radical (unpaired) electrons. The predicted octanol–water partition coefficient (Wildman–Crippen LogP) is 1.74. The van der Waals surface area contributed by atoms with E-state index in [-0.39, 0.29) is 24.1 Å². The summed E-state index contributed by atoms with van der Waals surface area (Å²) >= 11 is 0. The number of hydrogen-bond donors (Lipinski definition) is 2. The number of carbonyl (C=O) groups excluding carboxylic acids is 3. The highest BCUT2D eigenvalue weighted by molar-refractivity contribution is 6.09. The van der Waals surface area contributed by atoms with Crippen LogP contribution < -0.4 is 16.0 Å². The summed E-state index contributed by atoms with van der Waals surface area (Å²) in [6.07, 6.45) is 3.28. The molecule has 0 aromatic heterocycles. The average molecular weight is 435 g/mol. The molecule has 31 heavy (non-hydrogen) atoms. The average Bonchev–Trinajstić information content (AvgIpc) is 2.66. The molecule has 1 saturated carbocycles. The minimum Gasteiger partial charge on any atom is -0.370 e. The predicted molar refractivity (Wildman–Crippen MR) is 115 cm³/mol. The Kier molecular flexibility index (Phi) is 7.61. The number of carbonyl (C=O) groups is 3. The van der Waals surface area contributed by atoms with Gasteiger partial charge in [-0.2, -0.15) is 0 Å². The molecule has 1 aromatic carbocycles. The van der Waals surface area contributed by atoms with E-state index >= 15 is 0 Å². The van der Waals surface area contributed by atoms with E-state index in [0.717, 1.165) is 19.3 Å². The van der Waals surface area contributed by atoms with Crippen LogP contribution in [0.5, 0.6) is 0 Å². The van der Waals surface area contributed by atoms with E-state index in [4.69, 9.17) is 10.5 Å². The maximum atomic E-state index is 14.7. The number of rotatable bonds is 9. The fraction of sp³-hybridized carbons (Fsp3) is 0.591. The van der Waals surface area contributed by atoms with Crippen molar-refractivity contribution in [3.8, 4) is 0 Å².